The molecule has 0 spiro atoms. The van der Waals surface area contributed by atoms with Gasteiger partial charge in [0.05, 0.1) is 41.3 Å². The highest BCUT2D eigenvalue weighted by Crippen LogP contribution is 2.61. The summed E-state index contributed by atoms with van der Waals surface area (Å²) in [6, 6.07) is 0. The van der Waals surface area contributed by atoms with Crippen LogP contribution in [0.3, 0.4) is 0 Å². The van der Waals surface area contributed by atoms with Gasteiger partial charge in [-0.05, 0) is 85.2 Å². The van der Waals surface area contributed by atoms with Crippen LogP contribution in [0.4, 0.5) is 0 Å². The molecule has 0 fully saturated rings. The van der Waals surface area contributed by atoms with Crippen LogP contribution in [0, 0.1) is 0 Å². The van der Waals surface area contributed by atoms with Gasteiger partial charge in [-0.2, -0.15) is 0 Å². The molecule has 1 aromatic rings. The molecule has 55 heavy (non-hydrogen) atoms. The molecule has 1 aliphatic heterocycles. The van der Waals surface area contributed by atoms with Gasteiger partial charge in [-0.3, -0.25) is 4.42 Å². The summed E-state index contributed by atoms with van der Waals surface area (Å²) in [7, 11) is 27.0. The molecule has 2 aliphatic carbocycles. The monoisotopic (exact) mass is 889 g/mol. The quantitative estimate of drug-likeness (QED) is 0.0666. The lowest BCUT2D eigenvalue weighted by Crippen LogP contribution is -2.43. The minimum absolute atomic E-state index is 0.0452. The molecule has 0 amide bonds. The average Bonchev–Trinajstić information content (AvgIpc) is 3.17. The smallest absolute Gasteiger partial charge is 0.492 e. The maximum absolute atomic E-state index is 6.44. The van der Waals surface area contributed by atoms with Crippen molar-refractivity contribution in [3.8, 4) is 11.5 Å². The Morgan fingerprint density at radius 1 is 0.709 bits per heavy atom. The molecule has 16 heteroatoms. The first-order valence-corrected chi connectivity index (χ1v) is 25.4. The van der Waals surface area contributed by atoms with Crippen LogP contribution in [0.25, 0.3) is 0 Å². The minimum atomic E-state index is -0.262. The number of allylic oxidation sites excluding steroid dienone is 1. The number of ketones is 3. The summed E-state index contributed by atoms with van der Waals surface area (Å²) >= 11 is 8.72. The number of carbonyl (C=O) groups excluding carboxylic acids is 3. The molecular formula is C39H59N3O6S7+4. The van der Waals surface area contributed by atoms with Crippen LogP contribution in [0.1, 0.15) is 18.4 Å². The van der Waals surface area contributed by atoms with E-state index >= 15 is 0 Å². The molecule has 0 saturated heterocycles. The van der Waals surface area contributed by atoms with E-state index < -0.39 is 0 Å². The first-order valence-electron chi connectivity index (χ1n) is 17.8. The van der Waals surface area contributed by atoms with Crippen molar-refractivity contribution < 1.29 is 27.5 Å². The Labute approximate surface area is 358 Å². The second-order valence-electron chi connectivity index (χ2n) is 13.5. The number of likely N-dealkylation sites (N-methyl/N-ethyl adjacent to an activating group) is 1. The van der Waals surface area contributed by atoms with Gasteiger partial charge in [0.1, 0.15) is 4.91 Å². The van der Waals surface area contributed by atoms with Crippen molar-refractivity contribution in [3.05, 3.63) is 37.2 Å². The average molecular weight is 890 g/mol. The number of fused-ring (bicyclic) bond motifs is 3. The molecule has 0 aromatic heterocycles. The zero-order chi connectivity index (χ0) is 40.6. The fourth-order valence-corrected chi connectivity index (χ4v) is 16.1. The SMILES string of the molecule is COC1=C2SC3C(=[O+]C)C(=[O+]C)C(=[S+]C)C(CCN(C)C)=C3Sc3c(OC)c(OC)c(SC)c(CCN(C)C)c3SSC2C(CCN(C)C)=C(SC)C1=[O+]C. The van der Waals surface area contributed by atoms with E-state index in [-0.39, 0.29) is 10.5 Å². The van der Waals surface area contributed by atoms with Gasteiger partial charge in [0.2, 0.25) is 5.76 Å². The summed E-state index contributed by atoms with van der Waals surface area (Å²) in [5, 5.41) is -0.307. The predicted octanol–water partition coefficient (Wildman–Crippen LogP) is 6.59. The molecule has 1 aromatic carbocycles. The Bertz CT molecular complexity index is 1800. The van der Waals surface area contributed by atoms with Gasteiger partial charge in [0.15, 0.2) is 34.4 Å². The van der Waals surface area contributed by atoms with E-state index in [0.717, 1.165) is 98.0 Å². The number of nitrogens with zero attached hydrogens (tertiary/aromatic N) is 3. The third-order valence-corrected chi connectivity index (χ3v) is 17.7. The highest BCUT2D eigenvalue weighted by molar-refractivity contribution is 8.77. The van der Waals surface area contributed by atoms with Crippen molar-refractivity contribution in [2.75, 3.05) is 123 Å². The molecule has 3 aliphatic rings. The van der Waals surface area contributed by atoms with Gasteiger partial charge in [0.25, 0.3) is 21.3 Å². The van der Waals surface area contributed by atoms with Crippen LogP contribution in [-0.4, -0.2) is 171 Å². The number of thioether (sulfide) groups is 4. The summed E-state index contributed by atoms with van der Waals surface area (Å²) in [6.07, 6.45) is 8.93. The van der Waals surface area contributed by atoms with Crippen LogP contribution in [0.2, 0.25) is 0 Å². The van der Waals surface area contributed by atoms with E-state index in [4.69, 9.17) is 27.5 Å². The van der Waals surface area contributed by atoms with Gasteiger partial charge < -0.3 is 28.9 Å². The molecule has 0 bridgehead atoms. The van der Waals surface area contributed by atoms with Crippen molar-refractivity contribution in [1.82, 2.24) is 14.7 Å². The maximum Gasteiger partial charge on any atom is 0.505 e. The number of ether oxygens (including phenoxy) is 3. The topological polar surface area (TPSA) is 71.3 Å². The van der Waals surface area contributed by atoms with Gasteiger partial charge in [-0.1, -0.05) is 33.3 Å². The van der Waals surface area contributed by atoms with E-state index in [1.165, 1.54) is 26.5 Å². The molecule has 2 unspecified atom stereocenters. The van der Waals surface area contributed by atoms with Crippen LogP contribution >= 0.6 is 68.6 Å². The zero-order valence-electron chi connectivity index (χ0n) is 35.0. The van der Waals surface area contributed by atoms with E-state index in [9.17, 15) is 0 Å². The Balaban J connectivity index is 2.26. The highest BCUT2D eigenvalue weighted by atomic mass is 33.1. The number of hydrogen-bond acceptors (Lipinski definition) is 12. The molecule has 0 N–H and O–H groups in total. The molecule has 9 nitrogen and oxygen atoms in total. The second kappa shape index (κ2) is 21.8. The van der Waals surface area contributed by atoms with Crippen molar-refractivity contribution in [3.63, 3.8) is 0 Å². The van der Waals surface area contributed by atoms with Crippen LogP contribution in [0.15, 0.2) is 46.3 Å². The Hall–Kier alpha value is -1.08. The highest BCUT2D eigenvalue weighted by Gasteiger charge is 2.58. The van der Waals surface area contributed by atoms with E-state index in [0.29, 0.717) is 0 Å². The number of rotatable bonds is 14. The van der Waals surface area contributed by atoms with E-state index in [2.05, 4.69) is 75.8 Å². The summed E-state index contributed by atoms with van der Waals surface area (Å²) < 4.78 is 38.0. The van der Waals surface area contributed by atoms with Crippen molar-refractivity contribution in [1.29, 1.82) is 0 Å². The zero-order valence-corrected chi connectivity index (χ0v) is 40.8. The van der Waals surface area contributed by atoms with E-state index in [1.807, 2.05) is 21.6 Å². The third kappa shape index (κ3) is 10.0. The largest absolute Gasteiger partial charge is 0.505 e. The van der Waals surface area contributed by atoms with Gasteiger partial charge in [-0.25, -0.2) is 8.85 Å². The molecule has 0 saturated carbocycles. The lowest BCUT2D eigenvalue weighted by molar-refractivity contribution is -0.434. The number of methoxy groups -OCH3 is 3. The number of benzene rings is 1. The fourth-order valence-electron chi connectivity index (χ4n) is 6.68. The van der Waals surface area contributed by atoms with Gasteiger partial charge in [-0.15, -0.1) is 35.3 Å². The Morgan fingerprint density at radius 3 is 1.84 bits per heavy atom. The summed E-state index contributed by atoms with van der Waals surface area (Å²) in [6.45, 7) is 2.65. The van der Waals surface area contributed by atoms with Crippen LogP contribution < -0.4 is 9.47 Å². The van der Waals surface area contributed by atoms with Crippen LogP contribution in [0.5, 0.6) is 11.5 Å². The summed E-state index contributed by atoms with van der Waals surface area (Å²) in [5.41, 5.74) is 3.84. The standard InChI is InChI=1S/C39H59N3O6S7/c1-40(2)19-16-22-31(49-13)25(43-7)28(46-10)37-34(22)52-38-29(47-11)26(44-8)32(50-14)23(17-20-41(3)4)35(38)54-55-36-24(18-21-42(5)6)33(51-15)27(45-9)30(48-12)39(36)53-37/h36-37H,16-21H2,1-15H3/q+4. The molecule has 304 valence electrons. The molecule has 4 rings (SSSR count). The van der Waals surface area contributed by atoms with Crippen molar-refractivity contribution in [2.45, 2.75) is 44.4 Å². The lowest BCUT2D eigenvalue weighted by Gasteiger charge is -2.33. The van der Waals surface area contributed by atoms with Crippen LogP contribution in [-0.2, 0) is 35.8 Å². The Kier molecular flexibility index (Phi) is 18.5. The lowest BCUT2D eigenvalue weighted by atomic mass is 9.93. The Morgan fingerprint density at radius 2 is 1.33 bits per heavy atom. The molecular weight excluding hydrogens is 831 g/mol. The summed E-state index contributed by atoms with van der Waals surface area (Å²) in [5.74, 6) is 4.63. The van der Waals surface area contributed by atoms with Gasteiger partial charge in [0, 0.05) is 35.0 Å². The second-order valence-corrected chi connectivity index (χ2v) is 20.5. The molecule has 1 heterocycles. The predicted molar refractivity (Wildman–Crippen MR) is 247 cm³/mol. The molecule has 0 radical (unpaired) electrons. The normalized spacial score (nSPS) is 22.4. The fraction of sp³-hybridized carbons (Fsp3) is 0.590. The van der Waals surface area contributed by atoms with Crippen molar-refractivity contribution >= 4 is 102 Å². The minimum Gasteiger partial charge on any atom is -0.492 e. The third-order valence-electron chi connectivity index (χ3n) is 9.32. The van der Waals surface area contributed by atoms with Gasteiger partial charge >= 0.3 is 22.2 Å². The maximum atomic E-state index is 6.44. The van der Waals surface area contributed by atoms with E-state index in [1.54, 1.807) is 101 Å². The molecule has 2 atom stereocenters. The first kappa shape index (κ1) is 46.6. The summed E-state index contributed by atoms with van der Waals surface area (Å²) in [4.78, 5) is 14.6. The first-order chi connectivity index (χ1) is 26.4. The number of hydrogen-bond donors (Lipinski definition) is 0. The van der Waals surface area contributed by atoms with Crippen molar-refractivity contribution in [2.24, 2.45) is 0 Å².